The minimum atomic E-state index is -4.92. The Kier molecular flexibility index (Phi) is 7.66. The van der Waals surface area contributed by atoms with Crippen LogP contribution in [0.25, 0.3) is 40.0 Å². The van der Waals surface area contributed by atoms with Gasteiger partial charge in [0.15, 0.2) is 0 Å². The maximum absolute atomic E-state index is 8.66. The number of halogens is 2. The first kappa shape index (κ1) is 29.9. The molecule has 0 spiro atoms. The van der Waals surface area contributed by atoms with E-state index >= 15 is 0 Å². The van der Waals surface area contributed by atoms with Crippen LogP contribution in [-0.4, -0.2) is 5.92 Å². The number of allylic oxidation sites excluding steroid dienone is 2. The van der Waals surface area contributed by atoms with Gasteiger partial charge in [0.05, 0.1) is 0 Å². The van der Waals surface area contributed by atoms with Crippen molar-refractivity contribution in [1.29, 1.82) is 0 Å². The summed E-state index contributed by atoms with van der Waals surface area (Å²) in [6.45, 7) is 9.39. The molecule has 2 atom stereocenters. The SMILES string of the molecule is CC1=Cc2c(-c3ccccc3)ccc(C)c2[CH]1[Zr]([Cl])([Cl])([CH]1C(c2ccccc2)=Cc2c(-c3ccccc3)cccc21)[SiH](C)C. The molecule has 0 saturated carbocycles. The van der Waals surface area contributed by atoms with Crippen LogP contribution in [-0.2, 0) is 15.6 Å². The monoisotopic (exact) mass is 705 g/mol. The Labute approximate surface area is 270 Å². The molecule has 5 aromatic rings. The number of rotatable bonds is 6. The third-order valence-corrected chi connectivity index (χ3v) is 62.0. The summed E-state index contributed by atoms with van der Waals surface area (Å²) >= 11 is -4.92. The van der Waals surface area contributed by atoms with Gasteiger partial charge in [-0.25, -0.2) is 0 Å². The number of hydrogen-bond acceptors (Lipinski definition) is 0. The molecule has 2 unspecified atom stereocenters. The molecule has 2 aliphatic rings. The van der Waals surface area contributed by atoms with E-state index in [0.29, 0.717) is 0 Å². The van der Waals surface area contributed by atoms with Gasteiger partial charge in [0, 0.05) is 0 Å². The Morgan fingerprint density at radius 3 is 1.66 bits per heavy atom. The zero-order valence-electron chi connectivity index (χ0n) is 25.7. The molecule has 4 heteroatoms. The molecule has 0 fully saturated rings. The summed E-state index contributed by atoms with van der Waals surface area (Å²) < 4.78 is 0.0418. The average Bonchev–Trinajstić information content (AvgIpc) is 3.62. The first-order chi connectivity index (χ1) is 21.2. The van der Waals surface area contributed by atoms with E-state index in [0.717, 1.165) is 0 Å². The molecular formula is C40H37Cl2SiZr. The van der Waals surface area contributed by atoms with Gasteiger partial charge in [-0.2, -0.15) is 0 Å². The van der Waals surface area contributed by atoms with Crippen LogP contribution in [0.5, 0.6) is 0 Å². The fourth-order valence-corrected chi connectivity index (χ4v) is 39.5. The van der Waals surface area contributed by atoms with E-state index in [1.165, 1.54) is 66.8 Å². The van der Waals surface area contributed by atoms with Gasteiger partial charge >= 0.3 is 273 Å². The Hall–Kier alpha value is -2.74. The topological polar surface area (TPSA) is 0 Å². The molecule has 219 valence electrons. The molecule has 0 saturated heterocycles. The molecule has 0 heterocycles. The fourth-order valence-electron chi connectivity index (χ4n) is 7.98. The average molecular weight is 708 g/mol. The van der Waals surface area contributed by atoms with Crippen LogP contribution < -0.4 is 0 Å². The van der Waals surface area contributed by atoms with Crippen LogP contribution in [0, 0.1) is 6.92 Å². The molecule has 0 bridgehead atoms. The second-order valence-electron chi connectivity index (χ2n) is 12.9. The van der Waals surface area contributed by atoms with Crippen LogP contribution in [0.3, 0.4) is 0 Å². The van der Waals surface area contributed by atoms with Crippen molar-refractivity contribution in [2.75, 3.05) is 0 Å². The van der Waals surface area contributed by atoms with Crippen molar-refractivity contribution >= 4 is 40.7 Å². The number of benzene rings is 5. The summed E-state index contributed by atoms with van der Waals surface area (Å²) in [5.74, 6) is -1.68. The third-order valence-electron chi connectivity index (χ3n) is 10.2. The van der Waals surface area contributed by atoms with Crippen molar-refractivity contribution in [3.05, 3.63) is 160 Å². The summed E-state index contributed by atoms with van der Waals surface area (Å²) in [6, 6.07) is 43.7. The van der Waals surface area contributed by atoms with E-state index in [4.69, 9.17) is 17.0 Å². The molecule has 0 N–H and O–H groups in total. The standard InChI is InChI=1S/C21H15.C17H15.C2H7Si.2ClH.Zr/c1-3-8-16(9-4-1)19-14-18-12-7-13-20(21(18)15-19)17-10-5-2-6-11-17;1-12-10-16-13(2)8-9-15(17(16)11-12)14-6-4-3-5-7-14;1-3-2;;;/h1-15H;3-11H,1-2H3;3H,1-2H3;2*1H;/q;;;;;+2/p-2. The van der Waals surface area contributed by atoms with Gasteiger partial charge < -0.3 is 0 Å². The number of fused-ring (bicyclic) bond motifs is 2. The number of hydrogen-bond donors (Lipinski definition) is 0. The van der Waals surface area contributed by atoms with Gasteiger partial charge in [0.25, 0.3) is 0 Å². The quantitative estimate of drug-likeness (QED) is 0.154. The molecule has 0 radical (unpaired) electrons. The molecular weight excluding hydrogens is 671 g/mol. The zero-order valence-corrected chi connectivity index (χ0v) is 30.8. The number of aryl methyl sites for hydroxylation is 1. The van der Waals surface area contributed by atoms with Crippen molar-refractivity contribution in [3.63, 3.8) is 0 Å². The van der Waals surface area contributed by atoms with E-state index in [-0.39, 0.29) is 7.25 Å². The van der Waals surface area contributed by atoms with E-state index < -0.39 is 21.5 Å². The summed E-state index contributed by atoms with van der Waals surface area (Å²) in [5.41, 5.74) is 15.3. The summed E-state index contributed by atoms with van der Waals surface area (Å²) in [6.07, 6.45) is 4.83. The molecule has 5 aromatic carbocycles. The summed E-state index contributed by atoms with van der Waals surface area (Å²) in [7, 11) is 17.3. The van der Waals surface area contributed by atoms with E-state index in [1.807, 2.05) is 0 Å². The summed E-state index contributed by atoms with van der Waals surface area (Å²) in [4.78, 5) is 0. The van der Waals surface area contributed by atoms with Gasteiger partial charge in [-0.05, 0) is 0 Å². The molecule has 0 amide bonds. The van der Waals surface area contributed by atoms with Crippen molar-refractivity contribution in [2.45, 2.75) is 34.2 Å². The zero-order chi connectivity index (χ0) is 30.7. The second-order valence-corrected chi connectivity index (χ2v) is 55.4. The van der Waals surface area contributed by atoms with Crippen LogP contribution in [0.1, 0.15) is 47.6 Å². The van der Waals surface area contributed by atoms with Crippen molar-refractivity contribution < 1.29 is 15.6 Å². The Bertz CT molecular complexity index is 1940. The summed E-state index contributed by atoms with van der Waals surface area (Å²) in [5, 5.41) is 0. The second kappa shape index (κ2) is 11.3. The third kappa shape index (κ3) is 4.56. The van der Waals surface area contributed by atoms with Crippen LogP contribution in [0.2, 0.25) is 13.1 Å². The molecule has 7 rings (SSSR count). The molecule has 2 aliphatic carbocycles. The molecule has 0 aliphatic heterocycles. The van der Waals surface area contributed by atoms with Gasteiger partial charge in [-0.3, -0.25) is 0 Å². The molecule has 0 aromatic heterocycles. The normalized spacial score (nSPS) is 18.3. The first-order valence-corrected chi connectivity index (χ1v) is 31.9. The van der Waals surface area contributed by atoms with Gasteiger partial charge in [-0.15, -0.1) is 0 Å². The first-order valence-electron chi connectivity index (χ1n) is 15.6. The van der Waals surface area contributed by atoms with E-state index in [9.17, 15) is 0 Å². The predicted molar refractivity (Wildman–Crippen MR) is 193 cm³/mol. The Morgan fingerprint density at radius 2 is 1.09 bits per heavy atom. The Morgan fingerprint density at radius 1 is 0.545 bits per heavy atom. The van der Waals surface area contributed by atoms with Crippen LogP contribution in [0.4, 0.5) is 0 Å². The van der Waals surface area contributed by atoms with E-state index in [1.54, 1.807) is 0 Å². The van der Waals surface area contributed by atoms with Crippen molar-refractivity contribution in [2.24, 2.45) is 0 Å². The van der Waals surface area contributed by atoms with Gasteiger partial charge in [0.2, 0.25) is 0 Å². The van der Waals surface area contributed by atoms with Crippen LogP contribution >= 0.6 is 17.0 Å². The molecule has 44 heavy (non-hydrogen) atoms. The van der Waals surface area contributed by atoms with Crippen molar-refractivity contribution in [3.8, 4) is 22.3 Å². The predicted octanol–water partition coefficient (Wildman–Crippen LogP) is 12.1. The fraction of sp³-hybridized carbons (Fsp3) is 0.150. The van der Waals surface area contributed by atoms with Gasteiger partial charge in [-0.1, -0.05) is 0 Å². The van der Waals surface area contributed by atoms with Crippen LogP contribution in [0.15, 0.2) is 127 Å². The van der Waals surface area contributed by atoms with E-state index in [2.05, 4.69) is 160 Å². The molecule has 0 nitrogen and oxygen atoms in total. The van der Waals surface area contributed by atoms with Gasteiger partial charge in [0.1, 0.15) is 0 Å². The van der Waals surface area contributed by atoms with Crippen molar-refractivity contribution in [1.82, 2.24) is 0 Å². The maximum atomic E-state index is 8.66. The Balaban J connectivity index is 1.51. The minimum absolute atomic E-state index is 0.00779.